The number of ether oxygens (including phenoxy) is 1. The molecule has 1 aromatic heterocycles. The van der Waals surface area contributed by atoms with Crippen LogP contribution in [-0.2, 0) is 6.67 Å². The highest BCUT2D eigenvalue weighted by atomic mass is 16.5. The van der Waals surface area contributed by atoms with Gasteiger partial charge < -0.3 is 30.5 Å². The Morgan fingerprint density at radius 1 is 1.19 bits per heavy atom. The summed E-state index contributed by atoms with van der Waals surface area (Å²) in [6.45, 7) is 10.7. The summed E-state index contributed by atoms with van der Waals surface area (Å²) in [4.78, 5) is 4.61. The Labute approximate surface area is 250 Å². The summed E-state index contributed by atoms with van der Waals surface area (Å²) in [5.74, 6) is 1.25. The molecule has 6 N–H and O–H groups in total. The molecule has 0 saturated carbocycles. The van der Waals surface area contributed by atoms with Crippen LogP contribution in [0.4, 0.5) is 0 Å². The van der Waals surface area contributed by atoms with Crippen molar-refractivity contribution in [3.8, 4) is 5.75 Å². The fourth-order valence-electron chi connectivity index (χ4n) is 4.78. The lowest BCUT2D eigenvalue weighted by molar-refractivity contribution is 0.112. The average molecular weight is 576 g/mol. The Bertz CT molecular complexity index is 1340. The summed E-state index contributed by atoms with van der Waals surface area (Å²) in [7, 11) is 1.85. The number of nitrogens with one attached hydrogen (secondary N) is 5. The van der Waals surface area contributed by atoms with Gasteiger partial charge in [0.2, 0.25) is 6.35 Å². The number of aliphatic hydroxyl groups is 1. The molecule has 0 bridgehead atoms. The Morgan fingerprint density at radius 3 is 2.60 bits per heavy atom. The SMILES string of the molecule is CC=C(/C=C\CCC)NC(CC(=N)C(C)(C)C)=NC(O)NC1CCC(Oc2ccc(=N)n(CNC)c2)c2ccccc21. The largest absolute Gasteiger partial charge is 0.484 e. The summed E-state index contributed by atoms with van der Waals surface area (Å²) < 4.78 is 8.22. The van der Waals surface area contributed by atoms with E-state index >= 15 is 0 Å². The molecule has 0 aliphatic heterocycles. The first-order valence-electron chi connectivity index (χ1n) is 14.9. The van der Waals surface area contributed by atoms with Crippen molar-refractivity contribution in [3.05, 3.63) is 83.1 Å². The van der Waals surface area contributed by atoms with Crippen molar-refractivity contribution >= 4 is 11.5 Å². The van der Waals surface area contributed by atoms with Gasteiger partial charge in [-0.1, -0.05) is 70.5 Å². The number of aromatic nitrogens is 1. The molecule has 0 amide bonds. The molecule has 0 fully saturated rings. The van der Waals surface area contributed by atoms with Crippen molar-refractivity contribution in [3.63, 3.8) is 0 Å². The second kappa shape index (κ2) is 15.6. The van der Waals surface area contributed by atoms with Crippen LogP contribution in [-0.4, -0.2) is 34.6 Å². The van der Waals surface area contributed by atoms with Crippen LogP contribution in [0.25, 0.3) is 0 Å². The predicted octanol–water partition coefficient (Wildman–Crippen LogP) is 5.67. The molecule has 3 unspecified atom stereocenters. The van der Waals surface area contributed by atoms with E-state index in [1.165, 1.54) is 0 Å². The molecular formula is C33H49N7O2. The number of aliphatic hydroxyl groups excluding tert-OH is 1. The van der Waals surface area contributed by atoms with Gasteiger partial charge in [-0.25, -0.2) is 4.99 Å². The molecule has 0 radical (unpaired) electrons. The van der Waals surface area contributed by atoms with Crippen molar-refractivity contribution in [2.24, 2.45) is 10.4 Å². The molecule has 3 rings (SSSR count). The second-order valence-electron chi connectivity index (χ2n) is 11.7. The van der Waals surface area contributed by atoms with E-state index in [2.05, 4.69) is 46.1 Å². The lowest BCUT2D eigenvalue weighted by atomic mass is 9.85. The molecule has 9 nitrogen and oxygen atoms in total. The number of unbranched alkanes of at least 4 members (excludes halogenated alkanes) is 1. The van der Waals surface area contributed by atoms with Crippen molar-refractivity contribution < 1.29 is 9.84 Å². The molecule has 2 aromatic rings. The first kappa shape index (κ1) is 33.0. The standard InChI is InChI=1S/C33H49N7O2/c1-7-9-10-13-23(8-2)37-31(20-29(34)33(3,4)5)39-32(41)38-27-17-18-28(26-15-12-11-14-25(26)27)42-24-16-19-30(35)40(21-24)22-36-6/h8,10-16,19,21,27-28,32,34-36,38,41H,7,9,17-18,20,22H2,1-6H3,(H,37,39)/b13-10-,23-8?,34-29?,35-30?. The van der Waals surface area contributed by atoms with Gasteiger partial charge in [-0.3, -0.25) is 10.7 Å². The predicted molar refractivity (Wildman–Crippen MR) is 170 cm³/mol. The topological polar surface area (TPSA) is 131 Å². The Hall–Kier alpha value is -3.53. The molecule has 3 atom stereocenters. The molecule has 0 saturated heterocycles. The Kier molecular flexibility index (Phi) is 12.3. The highest BCUT2D eigenvalue weighted by Gasteiger charge is 2.29. The molecule has 0 spiro atoms. The van der Waals surface area contributed by atoms with Gasteiger partial charge in [0.25, 0.3) is 0 Å². The van der Waals surface area contributed by atoms with Crippen molar-refractivity contribution in [1.82, 2.24) is 20.5 Å². The van der Waals surface area contributed by atoms with Gasteiger partial charge in [-0.15, -0.1) is 0 Å². The zero-order valence-electron chi connectivity index (χ0n) is 26.0. The number of hydrogen-bond acceptors (Lipinski definition) is 7. The van der Waals surface area contributed by atoms with Gasteiger partial charge in [0.15, 0.2) is 0 Å². The number of aliphatic imine (C=N–C) groups is 1. The van der Waals surface area contributed by atoms with E-state index < -0.39 is 6.35 Å². The van der Waals surface area contributed by atoms with E-state index in [4.69, 9.17) is 15.6 Å². The van der Waals surface area contributed by atoms with Gasteiger partial charge in [-0.2, -0.15) is 0 Å². The maximum Gasteiger partial charge on any atom is 0.204 e. The summed E-state index contributed by atoms with van der Waals surface area (Å²) in [6, 6.07) is 11.6. The summed E-state index contributed by atoms with van der Waals surface area (Å²) >= 11 is 0. The highest BCUT2D eigenvalue weighted by molar-refractivity contribution is 6.04. The molecule has 228 valence electrons. The van der Waals surface area contributed by atoms with Crippen LogP contribution in [0, 0.1) is 16.2 Å². The normalized spacial score (nSPS) is 18.5. The molecule has 1 aliphatic carbocycles. The van der Waals surface area contributed by atoms with Gasteiger partial charge in [0, 0.05) is 30.1 Å². The number of nitrogens with zero attached hydrogens (tertiary/aromatic N) is 2. The first-order valence-corrected chi connectivity index (χ1v) is 14.9. The molecule has 1 heterocycles. The molecule has 1 aromatic carbocycles. The van der Waals surface area contributed by atoms with Crippen LogP contribution in [0.1, 0.15) is 90.0 Å². The van der Waals surface area contributed by atoms with Crippen molar-refractivity contribution in [2.75, 3.05) is 7.05 Å². The van der Waals surface area contributed by atoms with E-state index in [0.29, 0.717) is 35.9 Å². The van der Waals surface area contributed by atoms with E-state index in [0.717, 1.165) is 42.5 Å². The second-order valence-corrected chi connectivity index (χ2v) is 11.7. The zero-order valence-corrected chi connectivity index (χ0v) is 26.0. The quantitative estimate of drug-likeness (QED) is 0.0793. The number of hydrogen-bond donors (Lipinski definition) is 6. The molecule has 1 aliphatic rings. The Morgan fingerprint density at radius 2 is 1.93 bits per heavy atom. The summed E-state index contributed by atoms with van der Waals surface area (Å²) in [5.41, 5.74) is 3.65. The smallest absolute Gasteiger partial charge is 0.204 e. The molecular weight excluding hydrogens is 526 g/mol. The number of allylic oxidation sites excluding steroid dienone is 3. The van der Waals surface area contributed by atoms with Crippen LogP contribution in [0.15, 0.2) is 71.5 Å². The lowest BCUT2D eigenvalue weighted by Gasteiger charge is -2.33. The minimum absolute atomic E-state index is 0.112. The van der Waals surface area contributed by atoms with E-state index in [-0.39, 0.29) is 17.6 Å². The minimum Gasteiger partial charge on any atom is -0.484 e. The zero-order chi connectivity index (χ0) is 30.7. The first-order chi connectivity index (χ1) is 20.0. The minimum atomic E-state index is -1.15. The fraction of sp³-hybridized carbons (Fsp3) is 0.485. The third-order valence-electron chi connectivity index (χ3n) is 7.27. The third kappa shape index (κ3) is 9.51. The number of rotatable bonds is 13. The van der Waals surface area contributed by atoms with Crippen LogP contribution in [0.3, 0.4) is 0 Å². The van der Waals surface area contributed by atoms with E-state index in [1.807, 2.05) is 71.3 Å². The van der Waals surface area contributed by atoms with Gasteiger partial charge in [-0.05, 0) is 68.0 Å². The van der Waals surface area contributed by atoms with Gasteiger partial charge >= 0.3 is 0 Å². The van der Waals surface area contributed by atoms with Crippen molar-refractivity contribution in [1.29, 1.82) is 10.8 Å². The van der Waals surface area contributed by atoms with Crippen molar-refractivity contribution in [2.45, 2.75) is 91.9 Å². The maximum atomic E-state index is 11.1. The highest BCUT2D eigenvalue weighted by Crippen LogP contribution is 2.38. The Balaban J connectivity index is 1.80. The monoisotopic (exact) mass is 575 g/mol. The van der Waals surface area contributed by atoms with Gasteiger partial charge in [0.1, 0.15) is 23.2 Å². The van der Waals surface area contributed by atoms with Crippen LogP contribution in [0.5, 0.6) is 5.75 Å². The van der Waals surface area contributed by atoms with Crippen LogP contribution < -0.4 is 26.2 Å². The summed E-state index contributed by atoms with van der Waals surface area (Å²) in [5, 5.41) is 37.6. The van der Waals surface area contributed by atoms with Crippen LogP contribution >= 0.6 is 0 Å². The number of benzene rings is 1. The average Bonchev–Trinajstić information content (AvgIpc) is 2.95. The number of amidine groups is 1. The van der Waals surface area contributed by atoms with E-state index in [9.17, 15) is 5.11 Å². The molecule has 42 heavy (non-hydrogen) atoms. The van der Waals surface area contributed by atoms with Gasteiger partial charge in [0.05, 0.1) is 6.67 Å². The lowest BCUT2D eigenvalue weighted by Crippen LogP contribution is -2.37. The molecule has 9 heteroatoms. The fourth-order valence-corrected chi connectivity index (χ4v) is 4.78. The van der Waals surface area contributed by atoms with E-state index in [1.54, 1.807) is 10.6 Å². The number of fused-ring (bicyclic) bond motifs is 1. The van der Waals surface area contributed by atoms with Crippen LogP contribution in [0.2, 0.25) is 0 Å². The maximum absolute atomic E-state index is 11.1. The summed E-state index contributed by atoms with van der Waals surface area (Å²) in [6.07, 6.45) is 10.5. The number of pyridine rings is 1. The third-order valence-corrected chi connectivity index (χ3v) is 7.27.